The van der Waals surface area contributed by atoms with Crippen LogP contribution < -0.4 is 0 Å². The van der Waals surface area contributed by atoms with Crippen molar-refractivity contribution in [2.75, 3.05) is 39.6 Å². The van der Waals surface area contributed by atoms with Gasteiger partial charge in [-0.1, -0.05) is 291 Å². The fraction of sp³-hybridized carbons (Fsp3) is 0.889. The van der Waals surface area contributed by atoms with Crippen molar-refractivity contribution < 1.29 is 80.2 Å². The van der Waals surface area contributed by atoms with Gasteiger partial charge >= 0.3 is 39.5 Å². The molecule has 0 spiro atoms. The minimum Gasteiger partial charge on any atom is -0.462 e. The quantitative estimate of drug-likeness (QED) is 0.0169. The van der Waals surface area contributed by atoms with Gasteiger partial charge in [0.15, 0.2) is 12.2 Å². The van der Waals surface area contributed by atoms with Crippen molar-refractivity contribution in [3.8, 4) is 0 Å². The van der Waals surface area contributed by atoms with Crippen molar-refractivity contribution in [2.24, 2.45) is 11.8 Å². The Morgan fingerprint density at radius 2 is 0.593 bits per heavy atom. The first kappa shape index (κ1) is 88.5. The lowest BCUT2D eigenvalue weighted by Crippen LogP contribution is -2.30. The molecule has 0 aliphatic carbocycles. The van der Waals surface area contributed by atoms with E-state index in [2.05, 4.69) is 65.8 Å². The minimum atomic E-state index is -4.96. The summed E-state index contributed by atoms with van der Waals surface area (Å²) >= 11 is 0. The molecule has 19 heteroatoms. The summed E-state index contributed by atoms with van der Waals surface area (Å²) in [5.74, 6) is -0.669. The fourth-order valence-electron chi connectivity index (χ4n) is 10.4. The van der Waals surface area contributed by atoms with E-state index in [0.717, 1.165) is 115 Å². The first-order valence-electron chi connectivity index (χ1n) is 36.8. The molecule has 0 fully saturated rings. The molecule has 91 heavy (non-hydrogen) atoms. The van der Waals surface area contributed by atoms with Crippen LogP contribution in [0.2, 0.25) is 0 Å². The van der Waals surface area contributed by atoms with E-state index in [1.165, 1.54) is 141 Å². The number of unbranched alkanes of at least 4 members (excludes halogenated alkanes) is 36. The van der Waals surface area contributed by atoms with Crippen LogP contribution >= 0.6 is 15.6 Å². The SMILES string of the molecule is CCCCCC/C=C\C=C/CCCCCCCC(=O)O[C@H](COC(=O)CCCCCCCCCCCCCCC(C)C)COP(=O)(O)OC[C@@H](O)COP(=O)(O)OC[C@@H](COC(=O)CCCCCCCCCC(C)C)OC(=O)CCCCCCCCCCCCC. The topological polar surface area (TPSA) is 237 Å². The fourth-order valence-corrected chi connectivity index (χ4v) is 12.0. The van der Waals surface area contributed by atoms with Crippen LogP contribution in [0, 0.1) is 11.8 Å². The van der Waals surface area contributed by atoms with Crippen LogP contribution in [0.5, 0.6) is 0 Å². The Labute approximate surface area is 554 Å². The highest BCUT2D eigenvalue weighted by Gasteiger charge is 2.30. The minimum absolute atomic E-state index is 0.0849. The predicted molar refractivity (Wildman–Crippen MR) is 367 cm³/mol. The summed E-state index contributed by atoms with van der Waals surface area (Å²) in [7, 11) is -9.91. The van der Waals surface area contributed by atoms with Crippen molar-refractivity contribution in [3.63, 3.8) is 0 Å². The van der Waals surface area contributed by atoms with Crippen molar-refractivity contribution in [1.82, 2.24) is 0 Å². The Kier molecular flexibility index (Phi) is 61.9. The van der Waals surface area contributed by atoms with Crippen LogP contribution in [0.4, 0.5) is 0 Å². The number of hydrogen-bond acceptors (Lipinski definition) is 15. The maximum Gasteiger partial charge on any atom is 0.472 e. The van der Waals surface area contributed by atoms with Gasteiger partial charge in [-0.25, -0.2) is 9.13 Å². The van der Waals surface area contributed by atoms with Gasteiger partial charge in [0.1, 0.15) is 19.3 Å². The van der Waals surface area contributed by atoms with Crippen LogP contribution in [0.25, 0.3) is 0 Å². The third-order valence-corrected chi connectivity index (χ3v) is 18.0. The van der Waals surface area contributed by atoms with Crippen LogP contribution in [0.15, 0.2) is 24.3 Å². The van der Waals surface area contributed by atoms with Crippen molar-refractivity contribution in [2.45, 2.75) is 362 Å². The molecule has 0 saturated heterocycles. The molecule has 17 nitrogen and oxygen atoms in total. The molecular formula is C72H136O17P2. The van der Waals surface area contributed by atoms with Gasteiger partial charge in [-0.3, -0.25) is 37.3 Å². The number of rotatable bonds is 69. The highest BCUT2D eigenvalue weighted by molar-refractivity contribution is 7.47. The molecule has 2 unspecified atom stereocenters. The highest BCUT2D eigenvalue weighted by Crippen LogP contribution is 2.45. The number of aliphatic hydroxyl groups excluding tert-OH is 1. The second-order valence-electron chi connectivity index (χ2n) is 26.2. The van der Waals surface area contributed by atoms with Gasteiger partial charge in [0.05, 0.1) is 26.4 Å². The van der Waals surface area contributed by atoms with Crippen molar-refractivity contribution >= 4 is 39.5 Å². The molecule has 0 aromatic heterocycles. The van der Waals surface area contributed by atoms with Gasteiger partial charge in [-0.05, 0) is 63.2 Å². The van der Waals surface area contributed by atoms with Gasteiger partial charge in [-0.2, -0.15) is 0 Å². The summed E-state index contributed by atoms with van der Waals surface area (Å²) in [6.45, 7) is 9.44. The molecule has 0 bridgehead atoms. The number of ether oxygens (including phenoxy) is 4. The molecule has 0 rings (SSSR count). The van der Waals surface area contributed by atoms with E-state index in [4.69, 9.17) is 37.0 Å². The van der Waals surface area contributed by atoms with Crippen molar-refractivity contribution in [1.29, 1.82) is 0 Å². The van der Waals surface area contributed by atoms with E-state index in [9.17, 15) is 43.2 Å². The summed E-state index contributed by atoms with van der Waals surface area (Å²) in [5, 5.41) is 10.6. The van der Waals surface area contributed by atoms with Gasteiger partial charge in [-0.15, -0.1) is 0 Å². The predicted octanol–water partition coefficient (Wildman–Crippen LogP) is 20.3. The highest BCUT2D eigenvalue weighted by atomic mass is 31.2. The number of esters is 4. The molecular weight excluding hydrogens is 1200 g/mol. The molecule has 0 amide bonds. The molecule has 0 radical (unpaired) electrons. The Balaban J connectivity index is 5.28. The lowest BCUT2D eigenvalue weighted by atomic mass is 10.0. The average molecular weight is 1340 g/mol. The van der Waals surface area contributed by atoms with E-state index in [1.807, 2.05) is 0 Å². The van der Waals surface area contributed by atoms with Gasteiger partial charge in [0.2, 0.25) is 0 Å². The molecule has 0 aromatic carbocycles. The van der Waals surface area contributed by atoms with E-state index >= 15 is 0 Å². The molecule has 536 valence electrons. The largest absolute Gasteiger partial charge is 0.472 e. The number of carbonyl (C=O) groups excluding carboxylic acids is 4. The first-order chi connectivity index (χ1) is 43.9. The molecule has 0 saturated carbocycles. The number of allylic oxidation sites excluding steroid dienone is 4. The van der Waals surface area contributed by atoms with Gasteiger partial charge in [0.25, 0.3) is 0 Å². The number of hydrogen-bond donors (Lipinski definition) is 3. The van der Waals surface area contributed by atoms with E-state index < -0.39 is 97.5 Å². The molecule has 0 aliphatic heterocycles. The normalized spacial score (nSPS) is 14.3. The third-order valence-electron chi connectivity index (χ3n) is 16.1. The van der Waals surface area contributed by atoms with Gasteiger partial charge in [0, 0.05) is 25.7 Å². The third kappa shape index (κ3) is 66.0. The smallest absolute Gasteiger partial charge is 0.462 e. The van der Waals surface area contributed by atoms with E-state index in [1.54, 1.807) is 0 Å². The molecule has 0 aliphatic rings. The molecule has 0 aromatic rings. The standard InChI is InChI=1S/C72H136O17P2/c1-7-9-11-13-15-17-19-20-21-22-28-32-38-45-51-57-72(77)88-67(60-82-69(74)54-48-42-36-30-27-24-23-26-29-34-40-46-52-64(3)4)62-86-90(78,79)84-58-66(73)59-85-91(80,81)87-63-68(61-83-70(75)55-49-43-39-33-35-41-47-53-65(5)6)89-71(76)56-50-44-37-31-25-18-16-14-12-10-8-2/h17,19-21,64-68,73H,7-16,18,22-63H2,1-6H3,(H,78,79)(H,80,81)/b19-17-,21-20-/t66-,67-,68-/m1/s1. The maximum atomic E-state index is 13.0. The second-order valence-corrected chi connectivity index (χ2v) is 29.2. The van der Waals surface area contributed by atoms with Crippen LogP contribution in [0.3, 0.4) is 0 Å². The van der Waals surface area contributed by atoms with Crippen LogP contribution in [-0.4, -0.2) is 96.7 Å². The monoisotopic (exact) mass is 1330 g/mol. The summed E-state index contributed by atoms with van der Waals surface area (Å²) in [4.78, 5) is 72.6. The second kappa shape index (κ2) is 63.6. The van der Waals surface area contributed by atoms with Crippen LogP contribution in [-0.2, 0) is 65.4 Å². The van der Waals surface area contributed by atoms with E-state index in [-0.39, 0.29) is 25.7 Å². The number of phosphoric acid groups is 2. The average Bonchev–Trinajstić information content (AvgIpc) is 3.72. The van der Waals surface area contributed by atoms with E-state index in [0.29, 0.717) is 31.6 Å². The lowest BCUT2D eigenvalue weighted by Gasteiger charge is -2.21. The summed E-state index contributed by atoms with van der Waals surface area (Å²) in [6, 6.07) is 0. The maximum absolute atomic E-state index is 13.0. The zero-order valence-corrected chi connectivity index (χ0v) is 60.4. The van der Waals surface area contributed by atoms with Crippen molar-refractivity contribution in [3.05, 3.63) is 24.3 Å². The van der Waals surface area contributed by atoms with Gasteiger partial charge < -0.3 is 33.8 Å². The Morgan fingerprint density at radius 1 is 0.341 bits per heavy atom. The zero-order valence-electron chi connectivity index (χ0n) is 58.6. The summed E-state index contributed by atoms with van der Waals surface area (Å²) < 4.78 is 68.3. The summed E-state index contributed by atoms with van der Waals surface area (Å²) in [6.07, 6.45) is 52.1. The molecule has 3 N–H and O–H groups in total. The first-order valence-corrected chi connectivity index (χ1v) is 39.8. The van der Waals surface area contributed by atoms with Crippen LogP contribution in [0.1, 0.15) is 343 Å². The zero-order chi connectivity index (χ0) is 67.2. The number of phosphoric ester groups is 2. The molecule has 5 atom stereocenters. The Bertz CT molecular complexity index is 1860. The lowest BCUT2D eigenvalue weighted by molar-refractivity contribution is -0.161. The Morgan fingerprint density at radius 3 is 0.901 bits per heavy atom. The summed E-state index contributed by atoms with van der Waals surface area (Å²) in [5.41, 5.74) is 0. The number of aliphatic hydroxyl groups is 1. The number of carbonyl (C=O) groups is 4. The Hall–Kier alpha value is -2.46. The molecule has 0 heterocycles.